The van der Waals surface area contributed by atoms with Gasteiger partial charge in [-0.15, -0.1) is 11.3 Å². The first-order chi connectivity index (χ1) is 25.2. The van der Waals surface area contributed by atoms with Crippen molar-refractivity contribution in [1.82, 2.24) is 29.8 Å². The van der Waals surface area contributed by atoms with E-state index in [1.807, 2.05) is 29.7 Å². The summed E-state index contributed by atoms with van der Waals surface area (Å²) in [5.41, 5.74) is 0.448. The molecule has 53 heavy (non-hydrogen) atoms. The van der Waals surface area contributed by atoms with Crippen molar-refractivity contribution in [3.63, 3.8) is 0 Å². The quantitative estimate of drug-likeness (QED) is 0.262. The maximum absolute atomic E-state index is 14.3. The molecule has 0 radical (unpaired) electrons. The second-order valence-electron chi connectivity index (χ2n) is 15.1. The van der Waals surface area contributed by atoms with E-state index in [9.17, 15) is 22.8 Å². The van der Waals surface area contributed by atoms with Gasteiger partial charge in [-0.3, -0.25) is 14.3 Å². The molecule has 7 rings (SSSR count). The van der Waals surface area contributed by atoms with Crippen LogP contribution in [0.3, 0.4) is 0 Å². The number of ether oxygens (including phenoxy) is 2. The Balaban J connectivity index is 1.18. The van der Waals surface area contributed by atoms with E-state index >= 15 is 0 Å². The van der Waals surface area contributed by atoms with Crippen molar-refractivity contribution in [2.24, 2.45) is 5.92 Å². The highest BCUT2D eigenvalue weighted by atomic mass is 35.5. The Morgan fingerprint density at radius 3 is 2.66 bits per heavy atom. The van der Waals surface area contributed by atoms with Crippen molar-refractivity contribution in [2.75, 3.05) is 27.3 Å². The third-order valence-electron chi connectivity index (χ3n) is 11.0. The third-order valence-corrected chi connectivity index (χ3v) is 14.4. The van der Waals surface area contributed by atoms with E-state index in [1.54, 1.807) is 24.9 Å². The molecule has 2 N–H and O–H groups in total. The number of carbonyl (C=O) groups is 3. The van der Waals surface area contributed by atoms with Gasteiger partial charge in [-0.05, 0) is 69.6 Å². The summed E-state index contributed by atoms with van der Waals surface area (Å²) in [6, 6.07) is 3.46. The SMILES string of the molecule is COc1ccc2cc(OC[C@@H]3C[C@H]4C(=O)N(C)CCCC/C=C/[C@@H]5C[C@@]5(C(=O)NS(=O)(=O)C5(C)CC5)NC(=O)N34)c(-c3nc(C(C)C)cs3)nc2c1Cl. The molecule has 3 fully saturated rings. The maximum Gasteiger partial charge on any atom is 0.319 e. The van der Waals surface area contributed by atoms with Crippen LogP contribution < -0.4 is 19.5 Å². The molecule has 284 valence electrons. The topological polar surface area (TPSA) is 160 Å². The lowest BCUT2D eigenvalue weighted by molar-refractivity contribution is -0.142. The fourth-order valence-electron chi connectivity index (χ4n) is 6.97. The molecule has 0 bridgehead atoms. The summed E-state index contributed by atoms with van der Waals surface area (Å²) in [6.45, 7) is 6.28. The predicted octanol–water partition coefficient (Wildman–Crippen LogP) is 5.63. The molecule has 4 atom stereocenters. The van der Waals surface area contributed by atoms with Gasteiger partial charge in [0.1, 0.15) is 45.4 Å². The molecular weight excluding hydrogens is 740 g/mol. The van der Waals surface area contributed by atoms with E-state index in [0.29, 0.717) is 63.9 Å². The molecule has 0 unspecified atom stereocenters. The Labute approximate surface area is 318 Å². The predicted molar refractivity (Wildman–Crippen MR) is 203 cm³/mol. The van der Waals surface area contributed by atoms with E-state index < -0.39 is 50.2 Å². The monoisotopic (exact) mass is 784 g/mol. The summed E-state index contributed by atoms with van der Waals surface area (Å²) in [7, 11) is -0.682. The molecular formula is C37H45ClN6O7S2. The van der Waals surface area contributed by atoms with Crippen LogP contribution in [-0.2, 0) is 19.6 Å². The van der Waals surface area contributed by atoms with Crippen LogP contribution >= 0.6 is 22.9 Å². The Bertz CT molecular complexity index is 2100. The molecule has 4 amide bonds. The number of hydrogen-bond donors (Lipinski definition) is 2. The number of hydrogen-bond acceptors (Lipinski definition) is 10. The van der Waals surface area contributed by atoms with Crippen LogP contribution in [0.1, 0.15) is 77.3 Å². The smallest absolute Gasteiger partial charge is 0.319 e. The minimum atomic E-state index is -3.95. The van der Waals surface area contributed by atoms with Gasteiger partial charge in [0.05, 0.1) is 29.1 Å². The number of nitrogens with one attached hydrogen (secondary N) is 2. The van der Waals surface area contributed by atoms with E-state index in [-0.39, 0.29) is 24.9 Å². The van der Waals surface area contributed by atoms with Gasteiger partial charge >= 0.3 is 6.03 Å². The van der Waals surface area contributed by atoms with Gasteiger partial charge in [-0.2, -0.15) is 0 Å². The number of halogens is 1. The normalized spacial score (nSPS) is 26.1. The molecule has 4 heterocycles. The molecule has 13 nitrogen and oxygen atoms in total. The number of thiazole rings is 1. The number of likely N-dealkylation sites (N-methyl/N-ethyl adjacent to an activating group) is 1. The number of carbonyl (C=O) groups excluding carboxylic acids is 3. The number of urea groups is 1. The number of methoxy groups -OCH3 is 1. The first kappa shape index (κ1) is 37.4. The largest absolute Gasteiger partial charge is 0.495 e. The number of nitrogens with zero attached hydrogens (tertiary/aromatic N) is 4. The van der Waals surface area contributed by atoms with Crippen LogP contribution in [0.15, 0.2) is 35.7 Å². The van der Waals surface area contributed by atoms with Crippen molar-refractivity contribution in [1.29, 1.82) is 0 Å². The second-order valence-corrected chi connectivity index (χ2v) is 18.6. The van der Waals surface area contributed by atoms with Crippen molar-refractivity contribution in [3.05, 3.63) is 46.4 Å². The molecule has 4 aliphatic rings. The van der Waals surface area contributed by atoms with Crippen molar-refractivity contribution < 1.29 is 32.3 Å². The van der Waals surface area contributed by atoms with E-state index in [0.717, 1.165) is 25.0 Å². The Kier molecular flexibility index (Phi) is 9.90. The Morgan fingerprint density at radius 2 is 1.96 bits per heavy atom. The van der Waals surface area contributed by atoms with Crippen molar-refractivity contribution >= 4 is 61.7 Å². The zero-order valence-corrected chi connectivity index (χ0v) is 32.9. The Hall–Kier alpha value is -3.95. The third kappa shape index (κ3) is 6.95. The lowest BCUT2D eigenvalue weighted by Crippen LogP contribution is -2.69. The van der Waals surface area contributed by atoms with E-state index in [2.05, 4.69) is 23.9 Å². The summed E-state index contributed by atoms with van der Waals surface area (Å²) >= 11 is 8.13. The number of sulfonamides is 1. The Morgan fingerprint density at radius 1 is 1.19 bits per heavy atom. The first-order valence-corrected chi connectivity index (χ1v) is 20.8. The summed E-state index contributed by atoms with van der Waals surface area (Å²) < 4.78 is 39.3. The van der Waals surface area contributed by atoms with E-state index in [1.165, 1.54) is 23.3 Å². The van der Waals surface area contributed by atoms with Crippen molar-refractivity contribution in [2.45, 2.75) is 94.0 Å². The van der Waals surface area contributed by atoms with Gasteiger partial charge in [0, 0.05) is 36.7 Å². The van der Waals surface area contributed by atoms with Crippen LogP contribution in [0.25, 0.3) is 21.6 Å². The van der Waals surface area contributed by atoms with Crippen LogP contribution in [0.4, 0.5) is 4.79 Å². The lowest BCUT2D eigenvalue weighted by Gasteiger charge is -2.48. The highest BCUT2D eigenvalue weighted by Gasteiger charge is 2.63. The summed E-state index contributed by atoms with van der Waals surface area (Å²) in [5, 5.41) is 6.58. The number of allylic oxidation sites excluding steroid dienone is 1. The van der Waals surface area contributed by atoms with Gasteiger partial charge in [0.25, 0.3) is 5.91 Å². The average molecular weight is 785 g/mol. The number of aromatic nitrogens is 2. The molecule has 1 aromatic carbocycles. The first-order valence-electron chi connectivity index (χ1n) is 18.0. The maximum atomic E-state index is 14.3. The molecule has 16 heteroatoms. The van der Waals surface area contributed by atoms with Gasteiger partial charge < -0.3 is 24.6 Å². The number of pyridine rings is 1. The van der Waals surface area contributed by atoms with Gasteiger partial charge in [-0.25, -0.2) is 23.2 Å². The van der Waals surface area contributed by atoms with Crippen LogP contribution in [0, 0.1) is 5.92 Å². The average Bonchev–Trinajstić information content (AvgIpc) is 3.96. The number of amides is 4. The lowest BCUT2D eigenvalue weighted by atomic mass is 9.92. The molecule has 3 aromatic rings. The number of benzene rings is 1. The van der Waals surface area contributed by atoms with Gasteiger partial charge in [-0.1, -0.05) is 37.6 Å². The zero-order valence-electron chi connectivity index (χ0n) is 30.5. The van der Waals surface area contributed by atoms with E-state index in [4.69, 9.17) is 31.0 Å². The van der Waals surface area contributed by atoms with Crippen LogP contribution in [0.5, 0.6) is 11.5 Å². The van der Waals surface area contributed by atoms with Gasteiger partial charge in [0.2, 0.25) is 15.9 Å². The number of fused-ring (bicyclic) bond motifs is 3. The summed E-state index contributed by atoms with van der Waals surface area (Å²) in [4.78, 5) is 54.5. The van der Waals surface area contributed by atoms with Crippen LogP contribution in [-0.4, -0.2) is 95.7 Å². The molecule has 1 saturated heterocycles. The summed E-state index contributed by atoms with van der Waals surface area (Å²) in [6.07, 6.45) is 7.69. The minimum Gasteiger partial charge on any atom is -0.495 e. The molecule has 2 aliphatic carbocycles. The standard InChI is InChI=1S/C37H45ClN6O7S2/c1-21(2)25-20-52-32(39-25)31-28(16-22-11-12-27(50-5)29(38)30(22)40-31)51-19-24-17-26-33(45)43(4)15-9-7-6-8-10-23-18-37(23,41-35(47)44(24)26)34(46)42-53(48,49)36(3)13-14-36/h8,10-12,16,20-21,23-24,26H,6-7,9,13-15,17-19H2,1-5H3,(H,41,47)(H,42,46)/b10-8+/t23-,24+,26+,37-/m1/s1. The molecule has 0 spiro atoms. The fourth-order valence-corrected chi connectivity index (χ4v) is 9.54. The highest BCUT2D eigenvalue weighted by molar-refractivity contribution is 7.91. The summed E-state index contributed by atoms with van der Waals surface area (Å²) in [5.74, 6) is -0.258. The van der Waals surface area contributed by atoms with Gasteiger partial charge in [0.15, 0.2) is 0 Å². The zero-order chi connectivity index (χ0) is 37.9. The molecule has 2 aromatic heterocycles. The highest BCUT2D eigenvalue weighted by Crippen LogP contribution is 2.48. The molecule has 2 aliphatic heterocycles. The molecule has 2 saturated carbocycles. The van der Waals surface area contributed by atoms with Crippen LogP contribution in [0.2, 0.25) is 5.02 Å². The second kappa shape index (κ2) is 14.0. The minimum absolute atomic E-state index is 0.0165. The van der Waals surface area contributed by atoms with Crippen molar-refractivity contribution in [3.8, 4) is 22.2 Å². The number of rotatable bonds is 9. The fraction of sp³-hybridized carbons (Fsp3) is 0.541.